The van der Waals surface area contributed by atoms with E-state index in [1.807, 2.05) is 48.5 Å². The molecule has 382 valence electrons. The molecule has 0 aromatic heterocycles. The molecule has 0 bridgehead atoms. The van der Waals surface area contributed by atoms with E-state index in [-0.39, 0.29) is 30.1 Å². The second kappa shape index (κ2) is 50.4. The van der Waals surface area contributed by atoms with Gasteiger partial charge in [-0.05, 0) is 77.7 Å². The van der Waals surface area contributed by atoms with Gasteiger partial charge >= 0.3 is 17.9 Å². The van der Waals surface area contributed by atoms with Crippen molar-refractivity contribution < 1.29 is 38.1 Å². The second-order valence-corrected chi connectivity index (χ2v) is 18.3. The van der Waals surface area contributed by atoms with Crippen molar-refractivity contribution in [3.8, 4) is 0 Å². The number of likely N-dealkylation sites (tertiary alicyclic amines) is 1. The van der Waals surface area contributed by atoms with E-state index >= 15 is 0 Å². The highest BCUT2D eigenvalue weighted by atomic mass is 16.5. The van der Waals surface area contributed by atoms with E-state index in [0.29, 0.717) is 39.1 Å². The fourth-order valence-corrected chi connectivity index (χ4v) is 8.00. The van der Waals surface area contributed by atoms with Crippen LogP contribution in [0, 0.1) is 11.3 Å². The third-order valence-corrected chi connectivity index (χ3v) is 12.1. The number of hydrogen-bond donors (Lipinski definition) is 0. The molecule has 1 saturated heterocycles. The van der Waals surface area contributed by atoms with Crippen molar-refractivity contribution >= 4 is 24.2 Å². The van der Waals surface area contributed by atoms with Gasteiger partial charge in [0.25, 0.3) is 0 Å². The summed E-state index contributed by atoms with van der Waals surface area (Å²) in [4.78, 5) is 49.7. The zero-order valence-electron chi connectivity index (χ0n) is 44.5. The number of rotatable bonds is 40. The molecule has 9 heteroatoms. The van der Waals surface area contributed by atoms with Crippen molar-refractivity contribution in [3.05, 3.63) is 0 Å². The molecule has 1 aliphatic rings. The summed E-state index contributed by atoms with van der Waals surface area (Å²) in [5.74, 6) is 0.444. The van der Waals surface area contributed by atoms with Crippen LogP contribution in [0.4, 0.5) is 0 Å². The average molecular weight is 912 g/mol. The van der Waals surface area contributed by atoms with Gasteiger partial charge in [0.15, 0.2) is 0 Å². The van der Waals surface area contributed by atoms with E-state index in [2.05, 4.69) is 25.7 Å². The van der Waals surface area contributed by atoms with E-state index in [9.17, 15) is 19.2 Å². The quantitative estimate of drug-likeness (QED) is 0.0257. The molecule has 0 saturated carbocycles. The minimum atomic E-state index is -0.479. The highest BCUT2D eigenvalue weighted by molar-refractivity contribution is 5.76. The monoisotopic (exact) mass is 912 g/mol. The zero-order valence-corrected chi connectivity index (χ0v) is 44.5. The minimum absolute atomic E-state index is 0.0339. The number of hydrogen-bond acceptors (Lipinski definition) is 9. The molecule has 1 aliphatic heterocycles. The SMILES string of the molecule is CC.CC.CCCC=O.CCCCCCCCCCCOC(=O)CCCCCN1CC(OC)CC1C(=O)OCCCCCCC(C)(C)C(=O)OCCCC(CCCCC)CCCCC. The molecule has 0 amide bonds. The molecule has 0 aromatic rings. The van der Waals surface area contributed by atoms with E-state index in [0.717, 1.165) is 109 Å². The van der Waals surface area contributed by atoms with Gasteiger partial charge in [-0.15, -0.1) is 0 Å². The summed E-state index contributed by atoms with van der Waals surface area (Å²) in [6.45, 7) is 23.8. The lowest BCUT2D eigenvalue weighted by Crippen LogP contribution is -2.38. The number of aldehydes is 1. The molecular weight excluding hydrogens is 803 g/mol. The number of carbonyl (C=O) groups is 4. The lowest BCUT2D eigenvalue weighted by Gasteiger charge is -2.23. The van der Waals surface area contributed by atoms with Crippen LogP contribution in [-0.2, 0) is 38.1 Å². The van der Waals surface area contributed by atoms with Gasteiger partial charge in [-0.3, -0.25) is 19.3 Å². The molecule has 0 aromatic carbocycles. The largest absolute Gasteiger partial charge is 0.466 e. The maximum absolute atomic E-state index is 13.1. The zero-order chi connectivity index (χ0) is 48.5. The van der Waals surface area contributed by atoms with E-state index in [1.165, 1.54) is 96.3 Å². The Morgan fingerprint density at radius 1 is 0.594 bits per heavy atom. The van der Waals surface area contributed by atoms with Crippen LogP contribution < -0.4 is 0 Å². The molecule has 0 spiro atoms. The third kappa shape index (κ3) is 40.3. The van der Waals surface area contributed by atoms with Crippen LogP contribution >= 0.6 is 0 Å². The Bertz CT molecular complexity index is 1010. The lowest BCUT2D eigenvalue weighted by atomic mass is 9.87. The smallest absolute Gasteiger partial charge is 0.323 e. The number of methoxy groups -OCH3 is 1. The maximum atomic E-state index is 13.1. The van der Waals surface area contributed by atoms with Gasteiger partial charge in [-0.25, -0.2) is 0 Å². The topological polar surface area (TPSA) is 108 Å². The Kier molecular flexibility index (Phi) is 52.2. The van der Waals surface area contributed by atoms with Gasteiger partial charge in [0.2, 0.25) is 0 Å². The van der Waals surface area contributed by atoms with Gasteiger partial charge in [-0.1, -0.05) is 184 Å². The number of unbranched alkanes of at least 4 members (excludes halogenated alkanes) is 18. The molecule has 0 radical (unpaired) electrons. The van der Waals surface area contributed by atoms with Crippen LogP contribution in [-0.4, -0.2) is 81.3 Å². The summed E-state index contributed by atoms with van der Waals surface area (Å²) in [5, 5.41) is 0. The highest BCUT2D eigenvalue weighted by Gasteiger charge is 2.37. The van der Waals surface area contributed by atoms with Gasteiger partial charge in [-0.2, -0.15) is 0 Å². The summed E-state index contributed by atoms with van der Waals surface area (Å²) in [6.07, 6.45) is 34.8. The molecule has 2 atom stereocenters. The fraction of sp³-hybridized carbons (Fsp3) is 0.927. The van der Waals surface area contributed by atoms with Gasteiger partial charge in [0.1, 0.15) is 12.3 Å². The van der Waals surface area contributed by atoms with Crippen molar-refractivity contribution in [2.75, 3.05) is 40.0 Å². The van der Waals surface area contributed by atoms with Crippen LogP contribution in [0.3, 0.4) is 0 Å². The third-order valence-electron chi connectivity index (χ3n) is 12.1. The van der Waals surface area contributed by atoms with Gasteiger partial charge in [0.05, 0.1) is 31.3 Å². The fourth-order valence-electron chi connectivity index (χ4n) is 8.00. The van der Waals surface area contributed by atoms with E-state index in [4.69, 9.17) is 18.9 Å². The normalized spacial score (nSPS) is 14.7. The standard InChI is InChI=1S/C47H89NO7.C4H8O.2C2H6/c1-7-10-13-14-15-16-17-19-27-36-53-44(49)33-24-21-26-35-48-40-42(52-6)39-43(48)45(50)54-37-28-20-18-25-34-47(4,5)46(51)55-38-29-32-41(30-22-11-8-2)31-23-12-9-3;1-2-3-4-5;2*1-2/h41-43H,7-40H2,1-6H3;4H,2-3H2,1H3;2*1-2H3. The Labute approximate surface area is 397 Å². The number of nitrogens with zero attached hydrogens (tertiary/aromatic N) is 1. The Morgan fingerprint density at radius 2 is 1.08 bits per heavy atom. The first kappa shape index (κ1) is 66.3. The van der Waals surface area contributed by atoms with Crippen LogP contribution in [0.15, 0.2) is 0 Å². The molecule has 0 N–H and O–H groups in total. The molecule has 1 rings (SSSR count). The molecular formula is C55H109NO8. The van der Waals surface area contributed by atoms with Crippen LogP contribution in [0.25, 0.3) is 0 Å². The molecule has 2 unspecified atom stereocenters. The summed E-state index contributed by atoms with van der Waals surface area (Å²) >= 11 is 0. The average Bonchev–Trinajstić information content (AvgIpc) is 3.73. The van der Waals surface area contributed by atoms with Crippen molar-refractivity contribution in [1.82, 2.24) is 4.90 Å². The summed E-state index contributed by atoms with van der Waals surface area (Å²) in [5.41, 5.74) is -0.479. The van der Waals surface area contributed by atoms with Crippen molar-refractivity contribution in [1.29, 1.82) is 0 Å². The molecule has 0 aliphatic carbocycles. The lowest BCUT2D eigenvalue weighted by molar-refractivity contribution is -0.154. The van der Waals surface area contributed by atoms with Crippen LogP contribution in [0.1, 0.15) is 268 Å². The molecule has 1 fully saturated rings. The second-order valence-electron chi connectivity index (χ2n) is 18.3. The van der Waals surface area contributed by atoms with Gasteiger partial charge < -0.3 is 23.7 Å². The first-order valence-electron chi connectivity index (χ1n) is 27.3. The van der Waals surface area contributed by atoms with E-state index in [1.54, 1.807) is 7.11 Å². The van der Waals surface area contributed by atoms with Crippen LogP contribution in [0.2, 0.25) is 0 Å². The molecule has 9 nitrogen and oxygen atoms in total. The number of carbonyl (C=O) groups excluding carboxylic acids is 4. The van der Waals surface area contributed by atoms with Crippen molar-refractivity contribution in [2.45, 2.75) is 280 Å². The predicted molar refractivity (Wildman–Crippen MR) is 271 cm³/mol. The highest BCUT2D eigenvalue weighted by Crippen LogP contribution is 2.27. The summed E-state index contributed by atoms with van der Waals surface area (Å²) in [7, 11) is 1.71. The minimum Gasteiger partial charge on any atom is -0.466 e. The van der Waals surface area contributed by atoms with Crippen LogP contribution in [0.5, 0.6) is 0 Å². The van der Waals surface area contributed by atoms with E-state index < -0.39 is 5.41 Å². The maximum Gasteiger partial charge on any atom is 0.323 e. The summed E-state index contributed by atoms with van der Waals surface area (Å²) in [6, 6.07) is -0.272. The van der Waals surface area contributed by atoms with Gasteiger partial charge in [0, 0.05) is 32.9 Å². The Hall–Kier alpha value is -2.00. The number of ether oxygens (including phenoxy) is 4. The predicted octanol–water partition coefficient (Wildman–Crippen LogP) is 15.4. The first-order chi connectivity index (χ1) is 31.1. The van der Waals surface area contributed by atoms with Crippen molar-refractivity contribution in [2.24, 2.45) is 11.3 Å². The number of esters is 3. The molecule has 64 heavy (non-hydrogen) atoms. The first-order valence-corrected chi connectivity index (χ1v) is 27.3. The summed E-state index contributed by atoms with van der Waals surface area (Å²) < 4.78 is 22.6. The Morgan fingerprint density at radius 3 is 1.61 bits per heavy atom. The Balaban J connectivity index is -0.00000379. The molecule has 1 heterocycles. The van der Waals surface area contributed by atoms with Crippen molar-refractivity contribution in [3.63, 3.8) is 0 Å².